The number of likely N-dealkylation sites (N-methyl/N-ethyl adjacent to an activating group) is 1. The number of aryl methyl sites for hydroxylation is 1. The second kappa shape index (κ2) is 8.10. The van der Waals surface area contributed by atoms with Gasteiger partial charge >= 0.3 is 0 Å². The summed E-state index contributed by atoms with van der Waals surface area (Å²) in [4.78, 5) is 14.6. The molecule has 5 heteroatoms. The van der Waals surface area contributed by atoms with Crippen LogP contribution < -0.4 is 10.6 Å². The van der Waals surface area contributed by atoms with Gasteiger partial charge in [-0.25, -0.2) is 0 Å². The van der Waals surface area contributed by atoms with Gasteiger partial charge in [-0.3, -0.25) is 9.69 Å². The first-order chi connectivity index (χ1) is 10.1. The first-order valence-corrected chi connectivity index (χ1v) is 8.62. The largest absolute Gasteiger partial charge is 0.325 e. The SMILES string of the molecule is CNCC1CCCCN1CC(=O)Nc1ccc(I)cc1C. The minimum absolute atomic E-state index is 0.0855. The number of carbonyl (C=O) groups is 1. The highest BCUT2D eigenvalue weighted by molar-refractivity contribution is 14.1. The quantitative estimate of drug-likeness (QED) is 0.746. The maximum Gasteiger partial charge on any atom is 0.238 e. The molecule has 1 aliphatic rings. The summed E-state index contributed by atoms with van der Waals surface area (Å²) in [7, 11) is 1.97. The third-order valence-electron chi connectivity index (χ3n) is 4.00. The van der Waals surface area contributed by atoms with Crippen LogP contribution in [0.3, 0.4) is 0 Å². The summed E-state index contributed by atoms with van der Waals surface area (Å²) in [6.45, 7) is 4.49. The number of halogens is 1. The van der Waals surface area contributed by atoms with Gasteiger partial charge in [-0.15, -0.1) is 0 Å². The Hall–Kier alpha value is -0.660. The second-order valence-corrected chi connectivity index (χ2v) is 6.93. The molecule has 0 radical (unpaired) electrons. The van der Waals surface area contributed by atoms with Crippen LogP contribution in [0.2, 0.25) is 0 Å². The molecule has 116 valence electrons. The number of nitrogens with one attached hydrogen (secondary N) is 2. The molecule has 1 heterocycles. The molecule has 0 aromatic heterocycles. The van der Waals surface area contributed by atoms with E-state index in [0.717, 1.165) is 24.3 Å². The number of piperidine rings is 1. The van der Waals surface area contributed by atoms with Crippen LogP contribution in [0.4, 0.5) is 5.69 Å². The predicted molar refractivity (Wildman–Crippen MR) is 95.7 cm³/mol. The van der Waals surface area contributed by atoms with Crippen LogP contribution in [-0.2, 0) is 4.79 Å². The Balaban J connectivity index is 1.93. The van der Waals surface area contributed by atoms with E-state index in [1.165, 1.54) is 22.8 Å². The van der Waals surface area contributed by atoms with Crippen molar-refractivity contribution in [3.8, 4) is 0 Å². The molecule has 1 unspecified atom stereocenters. The number of amides is 1. The summed E-state index contributed by atoms with van der Waals surface area (Å²) < 4.78 is 1.19. The van der Waals surface area contributed by atoms with E-state index in [9.17, 15) is 4.79 Å². The Bertz CT molecular complexity index is 490. The summed E-state index contributed by atoms with van der Waals surface area (Å²) in [6, 6.07) is 6.57. The molecule has 1 atom stereocenters. The number of benzene rings is 1. The van der Waals surface area contributed by atoms with E-state index in [1.54, 1.807) is 0 Å². The van der Waals surface area contributed by atoms with Crippen LogP contribution >= 0.6 is 22.6 Å². The molecule has 0 aliphatic carbocycles. The van der Waals surface area contributed by atoms with Crippen molar-refractivity contribution in [3.05, 3.63) is 27.3 Å². The number of likely N-dealkylation sites (tertiary alicyclic amines) is 1. The summed E-state index contributed by atoms with van der Waals surface area (Å²) in [6.07, 6.45) is 3.63. The van der Waals surface area contributed by atoms with Crippen molar-refractivity contribution in [2.75, 3.05) is 32.0 Å². The van der Waals surface area contributed by atoms with Gasteiger partial charge in [-0.1, -0.05) is 6.42 Å². The Morgan fingerprint density at radius 3 is 2.95 bits per heavy atom. The fourth-order valence-electron chi connectivity index (χ4n) is 2.88. The van der Waals surface area contributed by atoms with Crippen molar-refractivity contribution in [1.29, 1.82) is 0 Å². The van der Waals surface area contributed by atoms with E-state index in [-0.39, 0.29) is 5.91 Å². The van der Waals surface area contributed by atoms with Crippen LogP contribution in [0, 0.1) is 10.5 Å². The molecule has 0 bridgehead atoms. The fourth-order valence-corrected chi connectivity index (χ4v) is 3.52. The highest BCUT2D eigenvalue weighted by atomic mass is 127. The molecular weight excluding hydrogens is 377 g/mol. The van der Waals surface area contributed by atoms with Gasteiger partial charge in [0, 0.05) is 21.8 Å². The van der Waals surface area contributed by atoms with Gasteiger partial charge in [0.1, 0.15) is 0 Å². The number of hydrogen-bond donors (Lipinski definition) is 2. The second-order valence-electron chi connectivity index (χ2n) is 5.69. The van der Waals surface area contributed by atoms with E-state index in [1.807, 2.05) is 26.1 Å². The first-order valence-electron chi connectivity index (χ1n) is 7.55. The minimum Gasteiger partial charge on any atom is -0.325 e. The summed E-state index contributed by atoms with van der Waals surface area (Å²) in [5.41, 5.74) is 2.03. The molecule has 4 nitrogen and oxygen atoms in total. The normalized spacial score (nSPS) is 19.5. The van der Waals surface area contributed by atoms with E-state index >= 15 is 0 Å². The zero-order chi connectivity index (χ0) is 15.2. The highest BCUT2D eigenvalue weighted by Crippen LogP contribution is 2.19. The lowest BCUT2D eigenvalue weighted by Crippen LogP contribution is -2.47. The summed E-state index contributed by atoms with van der Waals surface area (Å²) in [5.74, 6) is 0.0855. The lowest BCUT2D eigenvalue weighted by Gasteiger charge is -2.35. The third-order valence-corrected chi connectivity index (χ3v) is 4.67. The van der Waals surface area contributed by atoms with Crippen molar-refractivity contribution in [3.63, 3.8) is 0 Å². The Morgan fingerprint density at radius 2 is 2.24 bits per heavy atom. The molecule has 0 spiro atoms. The molecule has 2 N–H and O–H groups in total. The van der Waals surface area contributed by atoms with Crippen molar-refractivity contribution in [2.45, 2.75) is 32.2 Å². The van der Waals surface area contributed by atoms with Crippen LogP contribution in [0.5, 0.6) is 0 Å². The molecule has 2 rings (SSSR count). The van der Waals surface area contributed by atoms with Gasteiger partial charge in [0.25, 0.3) is 0 Å². The average molecular weight is 401 g/mol. The lowest BCUT2D eigenvalue weighted by molar-refractivity contribution is -0.118. The van der Waals surface area contributed by atoms with Gasteiger partial charge in [-0.05, 0) is 79.7 Å². The maximum atomic E-state index is 12.3. The first kappa shape index (κ1) is 16.7. The topological polar surface area (TPSA) is 44.4 Å². The molecule has 21 heavy (non-hydrogen) atoms. The van der Waals surface area contributed by atoms with Crippen LogP contribution in [0.1, 0.15) is 24.8 Å². The van der Waals surface area contributed by atoms with Crippen LogP contribution in [0.25, 0.3) is 0 Å². The zero-order valence-corrected chi connectivity index (χ0v) is 14.9. The van der Waals surface area contributed by atoms with Crippen molar-refractivity contribution < 1.29 is 4.79 Å². The van der Waals surface area contributed by atoms with E-state index in [2.05, 4.69) is 44.2 Å². The van der Waals surface area contributed by atoms with Crippen molar-refractivity contribution in [1.82, 2.24) is 10.2 Å². The molecule has 1 saturated heterocycles. The van der Waals surface area contributed by atoms with Crippen LogP contribution in [0.15, 0.2) is 18.2 Å². The van der Waals surface area contributed by atoms with Crippen molar-refractivity contribution in [2.24, 2.45) is 0 Å². The number of hydrogen-bond acceptors (Lipinski definition) is 3. The molecule has 1 aromatic carbocycles. The standard InChI is InChI=1S/C16H24IN3O/c1-12-9-13(17)6-7-15(12)19-16(21)11-20-8-4-3-5-14(20)10-18-2/h6-7,9,14,18H,3-5,8,10-11H2,1-2H3,(H,19,21). The lowest BCUT2D eigenvalue weighted by atomic mass is 10.0. The van der Waals surface area contributed by atoms with Gasteiger partial charge in [0.15, 0.2) is 0 Å². The van der Waals surface area contributed by atoms with E-state index in [4.69, 9.17) is 0 Å². The number of carbonyl (C=O) groups excluding carboxylic acids is 1. The Labute approximate surface area is 140 Å². The monoisotopic (exact) mass is 401 g/mol. The van der Waals surface area contributed by atoms with E-state index in [0.29, 0.717) is 12.6 Å². The molecular formula is C16H24IN3O. The summed E-state index contributed by atoms with van der Waals surface area (Å²) in [5, 5.41) is 6.27. The van der Waals surface area contributed by atoms with E-state index < -0.39 is 0 Å². The molecule has 1 aromatic rings. The predicted octanol–water partition coefficient (Wildman–Crippen LogP) is 2.61. The number of rotatable bonds is 5. The van der Waals surface area contributed by atoms with Crippen molar-refractivity contribution >= 4 is 34.2 Å². The van der Waals surface area contributed by atoms with Gasteiger partial charge < -0.3 is 10.6 Å². The average Bonchev–Trinajstić information content (AvgIpc) is 2.44. The number of nitrogens with zero attached hydrogens (tertiary/aromatic N) is 1. The molecule has 1 fully saturated rings. The molecule has 1 aliphatic heterocycles. The van der Waals surface area contributed by atoms with Crippen LogP contribution in [-0.4, -0.2) is 43.5 Å². The van der Waals surface area contributed by atoms with Gasteiger partial charge in [-0.2, -0.15) is 0 Å². The molecule has 0 saturated carbocycles. The number of anilines is 1. The highest BCUT2D eigenvalue weighted by Gasteiger charge is 2.23. The molecule has 1 amide bonds. The minimum atomic E-state index is 0.0855. The third kappa shape index (κ3) is 4.93. The van der Waals surface area contributed by atoms with Gasteiger partial charge in [0.2, 0.25) is 5.91 Å². The summed E-state index contributed by atoms with van der Waals surface area (Å²) >= 11 is 2.28. The Morgan fingerprint density at radius 1 is 1.43 bits per heavy atom. The van der Waals surface area contributed by atoms with Gasteiger partial charge in [0.05, 0.1) is 6.54 Å². The fraction of sp³-hybridized carbons (Fsp3) is 0.562. The smallest absolute Gasteiger partial charge is 0.238 e. The maximum absolute atomic E-state index is 12.3. The zero-order valence-electron chi connectivity index (χ0n) is 12.8. The Kier molecular flexibility index (Phi) is 6.44.